The van der Waals surface area contributed by atoms with Crippen molar-refractivity contribution < 1.29 is 19.1 Å². The van der Waals surface area contributed by atoms with E-state index in [1.54, 1.807) is 23.1 Å². The van der Waals surface area contributed by atoms with Crippen LogP contribution in [0.4, 0.5) is 0 Å². The monoisotopic (exact) mass is 345 g/mol. The highest BCUT2D eigenvalue weighted by Crippen LogP contribution is 2.33. The molecule has 25 heavy (non-hydrogen) atoms. The average Bonchev–Trinajstić information content (AvgIpc) is 3.29. The molecule has 4 rings (SSSR count). The fourth-order valence-corrected chi connectivity index (χ4v) is 3.86. The molecule has 1 saturated heterocycles. The maximum Gasteiger partial charge on any atom is 0.254 e. The van der Waals surface area contributed by atoms with Crippen molar-refractivity contribution in [1.82, 2.24) is 9.80 Å². The van der Waals surface area contributed by atoms with E-state index in [-0.39, 0.29) is 18.6 Å². The molecular formula is C18H23N3O4. The predicted octanol–water partition coefficient (Wildman–Crippen LogP) is 0.971. The number of amides is 2. The van der Waals surface area contributed by atoms with E-state index in [0.29, 0.717) is 43.2 Å². The molecule has 1 aromatic carbocycles. The van der Waals surface area contributed by atoms with Gasteiger partial charge in [0.05, 0.1) is 5.54 Å². The molecule has 2 N–H and O–H groups in total. The molecule has 2 fully saturated rings. The zero-order chi connectivity index (χ0) is 17.4. The Hall–Kier alpha value is -2.28. The average molecular weight is 345 g/mol. The summed E-state index contributed by atoms with van der Waals surface area (Å²) in [6.07, 6.45) is 3.57. The fourth-order valence-electron chi connectivity index (χ4n) is 3.86. The summed E-state index contributed by atoms with van der Waals surface area (Å²) in [4.78, 5) is 29.0. The second-order valence-corrected chi connectivity index (χ2v) is 7.02. The van der Waals surface area contributed by atoms with E-state index in [1.165, 1.54) is 0 Å². The Labute approximate surface area is 146 Å². The summed E-state index contributed by atoms with van der Waals surface area (Å²) >= 11 is 0. The summed E-state index contributed by atoms with van der Waals surface area (Å²) in [5, 5.41) is 0. The van der Waals surface area contributed by atoms with E-state index in [4.69, 9.17) is 15.2 Å². The molecular weight excluding hydrogens is 322 g/mol. The van der Waals surface area contributed by atoms with Crippen molar-refractivity contribution in [2.24, 2.45) is 5.73 Å². The number of fused-ring (bicyclic) bond motifs is 1. The highest BCUT2D eigenvalue weighted by atomic mass is 16.7. The summed E-state index contributed by atoms with van der Waals surface area (Å²) in [7, 11) is 0. The SMILES string of the molecule is NC1(C(=O)N2CCN(C(=O)c3ccc4c(c3)OCO4)CC2)CCCC1. The number of piperazine rings is 1. The van der Waals surface area contributed by atoms with Crippen LogP contribution in [0.5, 0.6) is 11.5 Å². The molecule has 2 aliphatic heterocycles. The first-order valence-corrected chi connectivity index (χ1v) is 8.84. The highest BCUT2D eigenvalue weighted by molar-refractivity contribution is 5.95. The Kier molecular flexibility index (Phi) is 4.03. The van der Waals surface area contributed by atoms with Gasteiger partial charge in [0.15, 0.2) is 11.5 Å². The molecule has 7 nitrogen and oxygen atoms in total. The first kappa shape index (κ1) is 16.2. The number of benzene rings is 1. The maximum atomic E-state index is 12.7. The largest absolute Gasteiger partial charge is 0.454 e. The summed E-state index contributed by atoms with van der Waals surface area (Å²) in [5.41, 5.74) is 6.16. The van der Waals surface area contributed by atoms with E-state index in [9.17, 15) is 9.59 Å². The molecule has 134 valence electrons. The molecule has 3 aliphatic rings. The molecule has 0 bridgehead atoms. The van der Waals surface area contributed by atoms with Gasteiger partial charge in [0.1, 0.15) is 0 Å². The van der Waals surface area contributed by atoms with Crippen LogP contribution < -0.4 is 15.2 Å². The minimum atomic E-state index is -0.691. The van der Waals surface area contributed by atoms with Gasteiger partial charge < -0.3 is 25.0 Å². The highest BCUT2D eigenvalue weighted by Gasteiger charge is 2.40. The molecule has 7 heteroatoms. The normalized spacial score (nSPS) is 21.5. The summed E-state index contributed by atoms with van der Waals surface area (Å²) in [6, 6.07) is 5.23. The third-order valence-electron chi connectivity index (χ3n) is 5.40. The first-order chi connectivity index (χ1) is 12.1. The molecule has 1 saturated carbocycles. The lowest BCUT2D eigenvalue weighted by Gasteiger charge is -2.38. The van der Waals surface area contributed by atoms with Gasteiger partial charge in [-0.1, -0.05) is 12.8 Å². The molecule has 2 amide bonds. The van der Waals surface area contributed by atoms with Crippen molar-refractivity contribution in [3.63, 3.8) is 0 Å². The Morgan fingerprint density at radius 3 is 2.32 bits per heavy atom. The van der Waals surface area contributed by atoms with Gasteiger partial charge in [0, 0.05) is 31.7 Å². The zero-order valence-electron chi connectivity index (χ0n) is 14.2. The van der Waals surface area contributed by atoms with Crippen LogP contribution >= 0.6 is 0 Å². The number of ether oxygens (including phenoxy) is 2. The molecule has 1 aliphatic carbocycles. The van der Waals surface area contributed by atoms with Crippen LogP contribution in [-0.2, 0) is 4.79 Å². The van der Waals surface area contributed by atoms with E-state index in [1.807, 2.05) is 4.90 Å². The fraction of sp³-hybridized carbons (Fsp3) is 0.556. The van der Waals surface area contributed by atoms with Crippen molar-refractivity contribution in [2.75, 3.05) is 33.0 Å². The molecule has 0 radical (unpaired) electrons. The number of rotatable bonds is 2. The first-order valence-electron chi connectivity index (χ1n) is 8.84. The summed E-state index contributed by atoms with van der Waals surface area (Å²) < 4.78 is 10.6. The Morgan fingerprint density at radius 2 is 1.60 bits per heavy atom. The predicted molar refractivity (Wildman–Crippen MR) is 90.4 cm³/mol. The van der Waals surface area contributed by atoms with Crippen LogP contribution in [0.25, 0.3) is 0 Å². The lowest BCUT2D eigenvalue weighted by Crippen LogP contribution is -2.59. The van der Waals surface area contributed by atoms with Crippen LogP contribution in [0, 0.1) is 0 Å². The molecule has 0 unspecified atom stereocenters. The van der Waals surface area contributed by atoms with Crippen LogP contribution in [0.15, 0.2) is 18.2 Å². The van der Waals surface area contributed by atoms with Crippen molar-refractivity contribution in [3.8, 4) is 11.5 Å². The minimum Gasteiger partial charge on any atom is -0.454 e. The lowest BCUT2D eigenvalue weighted by atomic mass is 9.97. The number of hydrogen-bond acceptors (Lipinski definition) is 5. The van der Waals surface area contributed by atoms with Crippen LogP contribution in [-0.4, -0.2) is 60.1 Å². The minimum absolute atomic E-state index is 0.0418. The van der Waals surface area contributed by atoms with Crippen LogP contribution in [0.2, 0.25) is 0 Å². The summed E-state index contributed by atoms with van der Waals surface area (Å²) in [5.74, 6) is 1.26. The van der Waals surface area contributed by atoms with Crippen molar-refractivity contribution in [3.05, 3.63) is 23.8 Å². The van der Waals surface area contributed by atoms with Gasteiger partial charge in [-0.15, -0.1) is 0 Å². The van der Waals surface area contributed by atoms with E-state index < -0.39 is 5.54 Å². The smallest absolute Gasteiger partial charge is 0.254 e. The van der Waals surface area contributed by atoms with E-state index in [2.05, 4.69) is 0 Å². The Bertz CT molecular complexity index is 692. The van der Waals surface area contributed by atoms with Crippen molar-refractivity contribution >= 4 is 11.8 Å². The quantitative estimate of drug-likeness (QED) is 0.863. The van der Waals surface area contributed by atoms with Gasteiger partial charge in [-0.25, -0.2) is 0 Å². The van der Waals surface area contributed by atoms with Crippen LogP contribution in [0.1, 0.15) is 36.0 Å². The third-order valence-corrected chi connectivity index (χ3v) is 5.40. The molecule has 0 spiro atoms. The summed E-state index contributed by atoms with van der Waals surface area (Å²) in [6.45, 7) is 2.31. The van der Waals surface area contributed by atoms with E-state index >= 15 is 0 Å². The molecule has 0 aromatic heterocycles. The number of nitrogens with zero attached hydrogens (tertiary/aromatic N) is 2. The Morgan fingerprint density at radius 1 is 0.960 bits per heavy atom. The van der Waals surface area contributed by atoms with Crippen LogP contribution in [0.3, 0.4) is 0 Å². The van der Waals surface area contributed by atoms with E-state index in [0.717, 1.165) is 25.7 Å². The maximum absolute atomic E-state index is 12.7. The molecule has 1 aromatic rings. The third kappa shape index (κ3) is 2.93. The number of carbonyl (C=O) groups is 2. The topological polar surface area (TPSA) is 85.1 Å². The standard InChI is InChI=1S/C18H23N3O4/c19-18(5-1-2-6-18)17(23)21-9-7-20(8-10-21)16(22)13-3-4-14-15(11-13)25-12-24-14/h3-4,11H,1-2,5-10,12,19H2. The number of carbonyl (C=O) groups excluding carboxylic acids is 2. The van der Waals surface area contributed by atoms with Crippen molar-refractivity contribution in [2.45, 2.75) is 31.2 Å². The lowest BCUT2D eigenvalue weighted by molar-refractivity contribution is -0.138. The molecule has 2 heterocycles. The number of nitrogens with two attached hydrogens (primary N) is 1. The second-order valence-electron chi connectivity index (χ2n) is 7.02. The van der Waals surface area contributed by atoms with Crippen molar-refractivity contribution in [1.29, 1.82) is 0 Å². The number of hydrogen-bond donors (Lipinski definition) is 1. The van der Waals surface area contributed by atoms with Gasteiger partial charge in [0.2, 0.25) is 12.7 Å². The molecule has 0 atom stereocenters. The second kappa shape index (κ2) is 6.22. The van der Waals surface area contributed by atoms with Gasteiger partial charge in [-0.2, -0.15) is 0 Å². The van der Waals surface area contributed by atoms with Gasteiger partial charge in [-0.05, 0) is 31.0 Å². The van der Waals surface area contributed by atoms with Gasteiger partial charge in [0.25, 0.3) is 5.91 Å². The zero-order valence-corrected chi connectivity index (χ0v) is 14.2. The van der Waals surface area contributed by atoms with Gasteiger partial charge >= 0.3 is 0 Å². The Balaban J connectivity index is 1.38. The van der Waals surface area contributed by atoms with Gasteiger partial charge in [-0.3, -0.25) is 9.59 Å².